The first-order chi connectivity index (χ1) is 7.46. The van der Waals surface area contributed by atoms with E-state index in [1.165, 1.54) is 32.1 Å². The van der Waals surface area contributed by atoms with E-state index >= 15 is 0 Å². The third-order valence-electron chi connectivity index (χ3n) is 5.87. The van der Waals surface area contributed by atoms with E-state index in [0.717, 1.165) is 23.7 Å². The number of ether oxygens (including phenoxy) is 1. The molecule has 3 rings (SSSR count). The third kappa shape index (κ3) is 1.27. The Morgan fingerprint density at radius 3 is 2.50 bits per heavy atom. The van der Waals surface area contributed by atoms with E-state index in [1.807, 2.05) is 0 Å². The van der Waals surface area contributed by atoms with Crippen LogP contribution in [0.5, 0.6) is 0 Å². The molecule has 1 heterocycles. The van der Waals surface area contributed by atoms with Gasteiger partial charge in [0, 0.05) is 0 Å². The van der Waals surface area contributed by atoms with Gasteiger partial charge in [-0.05, 0) is 63.2 Å². The van der Waals surface area contributed by atoms with Gasteiger partial charge in [0.05, 0.1) is 11.2 Å². The van der Waals surface area contributed by atoms with Gasteiger partial charge in [-0.1, -0.05) is 20.3 Å². The van der Waals surface area contributed by atoms with Gasteiger partial charge in [-0.25, -0.2) is 0 Å². The molecule has 0 unspecified atom stereocenters. The lowest BCUT2D eigenvalue weighted by molar-refractivity contribution is -0.0929. The maximum Gasteiger partial charge on any atom is 0.0696 e. The van der Waals surface area contributed by atoms with Crippen molar-refractivity contribution in [2.75, 3.05) is 0 Å². The van der Waals surface area contributed by atoms with Gasteiger partial charge in [-0.2, -0.15) is 0 Å². The summed E-state index contributed by atoms with van der Waals surface area (Å²) in [4.78, 5) is 0. The number of hydrogen-bond acceptors (Lipinski definition) is 1. The molecule has 0 aromatic heterocycles. The standard InChI is InChI=1S/C15H26O/c1-10(2)11-7-9-14(3)12-6-5-8-15(4,16-14)13(11)12/h10-13H,5-9H2,1-4H3/t11-,12-,13-,14-,15-/m0/s1. The van der Waals surface area contributed by atoms with E-state index in [0.29, 0.717) is 0 Å². The van der Waals surface area contributed by atoms with Gasteiger partial charge < -0.3 is 4.74 Å². The second-order valence-electron chi connectivity index (χ2n) is 7.20. The zero-order valence-corrected chi connectivity index (χ0v) is 11.3. The second kappa shape index (κ2) is 3.25. The summed E-state index contributed by atoms with van der Waals surface area (Å²) in [7, 11) is 0. The van der Waals surface area contributed by atoms with E-state index in [-0.39, 0.29) is 11.2 Å². The Hall–Kier alpha value is -0.0400. The molecule has 1 heteroatoms. The first kappa shape index (κ1) is 11.1. The Labute approximate surface area is 99.9 Å². The summed E-state index contributed by atoms with van der Waals surface area (Å²) < 4.78 is 6.56. The largest absolute Gasteiger partial charge is 0.369 e. The summed E-state index contributed by atoms with van der Waals surface area (Å²) in [5.74, 6) is 3.44. The minimum atomic E-state index is 0.211. The molecular formula is C15H26O. The molecule has 0 radical (unpaired) electrons. The molecule has 0 N–H and O–H groups in total. The molecule has 4 bridgehead atoms. The van der Waals surface area contributed by atoms with Crippen molar-refractivity contribution in [1.29, 1.82) is 0 Å². The molecule has 2 saturated carbocycles. The van der Waals surface area contributed by atoms with Crippen molar-refractivity contribution in [3.8, 4) is 0 Å². The molecule has 1 aliphatic heterocycles. The van der Waals surface area contributed by atoms with Crippen LogP contribution in [0.15, 0.2) is 0 Å². The average Bonchev–Trinajstić information content (AvgIpc) is 2.32. The lowest BCUT2D eigenvalue weighted by atomic mass is 9.56. The monoisotopic (exact) mass is 222 g/mol. The van der Waals surface area contributed by atoms with Crippen LogP contribution in [-0.2, 0) is 4.74 Å². The van der Waals surface area contributed by atoms with E-state index < -0.39 is 0 Å². The fourth-order valence-electron chi connectivity index (χ4n) is 5.23. The van der Waals surface area contributed by atoms with Gasteiger partial charge in [0.15, 0.2) is 0 Å². The predicted octanol–water partition coefficient (Wildman–Crippen LogP) is 4.02. The van der Waals surface area contributed by atoms with Crippen LogP contribution in [0, 0.1) is 23.7 Å². The van der Waals surface area contributed by atoms with Gasteiger partial charge >= 0.3 is 0 Å². The van der Waals surface area contributed by atoms with Crippen LogP contribution in [0.2, 0.25) is 0 Å². The molecule has 2 aliphatic carbocycles. The highest BCUT2D eigenvalue weighted by atomic mass is 16.5. The highest BCUT2D eigenvalue weighted by Crippen LogP contribution is 2.63. The van der Waals surface area contributed by atoms with Crippen LogP contribution in [0.25, 0.3) is 0 Å². The van der Waals surface area contributed by atoms with Crippen molar-refractivity contribution in [1.82, 2.24) is 0 Å². The van der Waals surface area contributed by atoms with Gasteiger partial charge in [0.2, 0.25) is 0 Å². The Morgan fingerprint density at radius 2 is 1.81 bits per heavy atom. The Bertz CT molecular complexity index is 298. The highest BCUT2D eigenvalue weighted by Gasteiger charge is 2.63. The van der Waals surface area contributed by atoms with Gasteiger partial charge in [-0.3, -0.25) is 0 Å². The van der Waals surface area contributed by atoms with E-state index in [9.17, 15) is 0 Å². The van der Waals surface area contributed by atoms with Crippen LogP contribution < -0.4 is 0 Å². The van der Waals surface area contributed by atoms with Crippen molar-refractivity contribution in [3.63, 3.8) is 0 Å². The van der Waals surface area contributed by atoms with Gasteiger partial charge in [0.25, 0.3) is 0 Å². The van der Waals surface area contributed by atoms with E-state index in [1.54, 1.807) is 0 Å². The molecule has 0 amide bonds. The molecular weight excluding hydrogens is 196 g/mol. The van der Waals surface area contributed by atoms with Crippen LogP contribution in [0.3, 0.4) is 0 Å². The summed E-state index contributed by atoms with van der Waals surface area (Å²) in [6.45, 7) is 9.60. The average molecular weight is 222 g/mol. The van der Waals surface area contributed by atoms with Crippen molar-refractivity contribution in [2.24, 2.45) is 23.7 Å². The number of rotatable bonds is 1. The SMILES string of the molecule is CC(C)[C@@H]1CC[C@]2(C)O[C@@]3(C)CCC[C@H]2[C@H]13. The molecule has 0 spiro atoms. The summed E-state index contributed by atoms with van der Waals surface area (Å²) in [5, 5.41) is 0. The van der Waals surface area contributed by atoms with Crippen LogP contribution in [0.1, 0.15) is 59.8 Å². The zero-order valence-electron chi connectivity index (χ0n) is 11.3. The molecule has 3 fully saturated rings. The Morgan fingerprint density at radius 1 is 1.06 bits per heavy atom. The lowest BCUT2D eigenvalue weighted by Gasteiger charge is -2.46. The van der Waals surface area contributed by atoms with Crippen molar-refractivity contribution < 1.29 is 4.74 Å². The van der Waals surface area contributed by atoms with Crippen molar-refractivity contribution >= 4 is 0 Å². The van der Waals surface area contributed by atoms with Crippen LogP contribution >= 0.6 is 0 Å². The lowest BCUT2D eigenvalue weighted by Crippen LogP contribution is -2.46. The quantitative estimate of drug-likeness (QED) is 0.651. The fraction of sp³-hybridized carbons (Fsp3) is 1.00. The Kier molecular flexibility index (Phi) is 2.25. The first-order valence-electron chi connectivity index (χ1n) is 7.16. The summed E-state index contributed by atoms with van der Waals surface area (Å²) in [6.07, 6.45) is 6.79. The summed E-state index contributed by atoms with van der Waals surface area (Å²) >= 11 is 0. The molecule has 1 nitrogen and oxygen atoms in total. The molecule has 1 saturated heterocycles. The van der Waals surface area contributed by atoms with E-state index in [2.05, 4.69) is 27.7 Å². The highest BCUT2D eigenvalue weighted by molar-refractivity contribution is 5.12. The molecule has 0 aromatic carbocycles. The van der Waals surface area contributed by atoms with Crippen LogP contribution in [0.4, 0.5) is 0 Å². The molecule has 16 heavy (non-hydrogen) atoms. The fourth-order valence-corrected chi connectivity index (χ4v) is 5.23. The molecule has 5 atom stereocenters. The minimum absolute atomic E-state index is 0.211. The zero-order chi connectivity index (χ0) is 11.6. The predicted molar refractivity (Wildman–Crippen MR) is 66.3 cm³/mol. The topological polar surface area (TPSA) is 9.23 Å². The molecule has 0 aromatic rings. The second-order valence-corrected chi connectivity index (χ2v) is 7.20. The van der Waals surface area contributed by atoms with Crippen molar-refractivity contribution in [3.05, 3.63) is 0 Å². The molecule has 3 aliphatic rings. The van der Waals surface area contributed by atoms with Gasteiger partial charge in [-0.15, -0.1) is 0 Å². The molecule has 92 valence electrons. The van der Waals surface area contributed by atoms with Crippen molar-refractivity contribution in [2.45, 2.75) is 71.0 Å². The smallest absolute Gasteiger partial charge is 0.0696 e. The summed E-state index contributed by atoms with van der Waals surface area (Å²) in [5.41, 5.74) is 0.435. The number of hydrogen-bond donors (Lipinski definition) is 0. The Balaban J connectivity index is 2.00. The van der Waals surface area contributed by atoms with E-state index in [4.69, 9.17) is 4.74 Å². The maximum atomic E-state index is 6.56. The summed E-state index contributed by atoms with van der Waals surface area (Å²) in [6, 6.07) is 0. The normalized spacial score (nSPS) is 55.7. The minimum Gasteiger partial charge on any atom is -0.369 e. The van der Waals surface area contributed by atoms with Gasteiger partial charge in [0.1, 0.15) is 0 Å². The first-order valence-corrected chi connectivity index (χ1v) is 7.16. The maximum absolute atomic E-state index is 6.56. The third-order valence-corrected chi connectivity index (χ3v) is 5.87. The van der Waals surface area contributed by atoms with Crippen LogP contribution in [-0.4, -0.2) is 11.2 Å².